The van der Waals surface area contributed by atoms with Crippen LogP contribution in [0.15, 0.2) is 54.7 Å². The van der Waals surface area contributed by atoms with Crippen molar-refractivity contribution in [3.63, 3.8) is 0 Å². The molecule has 0 N–H and O–H groups in total. The molecule has 28 heavy (non-hydrogen) atoms. The molecule has 2 aromatic heterocycles. The lowest BCUT2D eigenvalue weighted by Gasteiger charge is -2.00. The maximum atomic E-state index is 12.9. The maximum Gasteiger partial charge on any atom is 0.204 e. The Kier molecular flexibility index (Phi) is 4.87. The number of rotatable bonds is 6. The highest BCUT2D eigenvalue weighted by atomic mass is 35.5. The van der Waals surface area contributed by atoms with Crippen molar-refractivity contribution in [3.05, 3.63) is 65.3 Å². The Bertz CT molecular complexity index is 1200. The van der Waals surface area contributed by atoms with Gasteiger partial charge in [0.2, 0.25) is 5.82 Å². The maximum absolute atomic E-state index is 12.9. The van der Waals surface area contributed by atoms with E-state index in [4.69, 9.17) is 16.9 Å². The summed E-state index contributed by atoms with van der Waals surface area (Å²) in [5, 5.41) is 22.6. The van der Waals surface area contributed by atoms with Gasteiger partial charge in [-0.15, -0.1) is 10.2 Å². The third kappa shape index (κ3) is 3.50. The Morgan fingerprint density at radius 1 is 1.18 bits per heavy atom. The molecule has 7 nitrogen and oxygen atoms in total. The molecule has 0 atom stereocenters. The molecule has 0 radical (unpaired) electrons. The number of hydrogen-bond acceptors (Lipinski definition) is 5. The van der Waals surface area contributed by atoms with E-state index < -0.39 is 0 Å². The number of tetrazole rings is 1. The number of aromatic nitrogens is 5. The monoisotopic (exact) mass is 390 g/mol. The van der Waals surface area contributed by atoms with E-state index in [1.807, 2.05) is 34.9 Å². The van der Waals surface area contributed by atoms with Crippen LogP contribution in [0.4, 0.5) is 0 Å². The van der Waals surface area contributed by atoms with Crippen LogP contribution in [0, 0.1) is 11.3 Å². The summed E-state index contributed by atoms with van der Waals surface area (Å²) in [7, 11) is 0. The van der Waals surface area contributed by atoms with Crippen LogP contribution in [0.25, 0.3) is 22.3 Å². The summed E-state index contributed by atoms with van der Waals surface area (Å²) in [5.74, 6) is 0.286. The first kappa shape index (κ1) is 17.9. The lowest BCUT2D eigenvalue weighted by molar-refractivity contribution is 0.0963. The molecule has 0 aliphatic heterocycles. The first-order valence-corrected chi connectivity index (χ1v) is 9.05. The van der Waals surface area contributed by atoms with Crippen molar-refractivity contribution in [2.24, 2.45) is 0 Å². The number of benzene rings is 2. The zero-order valence-corrected chi connectivity index (χ0v) is 15.5. The third-order valence-corrected chi connectivity index (χ3v) is 4.61. The molecule has 0 bridgehead atoms. The molecule has 0 aliphatic rings. The number of para-hydroxylation sites is 1. The largest absolute Gasteiger partial charge is 0.346 e. The molecule has 138 valence electrons. The van der Waals surface area contributed by atoms with Gasteiger partial charge >= 0.3 is 0 Å². The normalized spacial score (nSPS) is 10.9. The first-order chi connectivity index (χ1) is 13.7. The molecule has 2 aromatic carbocycles. The highest BCUT2D eigenvalue weighted by Crippen LogP contribution is 2.23. The van der Waals surface area contributed by atoms with Crippen molar-refractivity contribution in [1.29, 1.82) is 5.26 Å². The highest BCUT2D eigenvalue weighted by molar-refractivity contribution is 6.30. The molecule has 0 spiro atoms. The van der Waals surface area contributed by atoms with Gasteiger partial charge < -0.3 is 4.57 Å². The van der Waals surface area contributed by atoms with Gasteiger partial charge in [-0.05, 0) is 23.4 Å². The smallest absolute Gasteiger partial charge is 0.204 e. The fourth-order valence-electron chi connectivity index (χ4n) is 3.09. The summed E-state index contributed by atoms with van der Waals surface area (Å²) in [6.45, 7) is 0.505. The van der Waals surface area contributed by atoms with Gasteiger partial charge in [0.05, 0.1) is 12.5 Å². The number of carbonyl (C=O) groups excluding carboxylic acids is 1. The van der Waals surface area contributed by atoms with Gasteiger partial charge in [0.15, 0.2) is 5.78 Å². The summed E-state index contributed by atoms with van der Waals surface area (Å²) in [5.41, 5.74) is 2.24. The molecule has 4 aromatic rings. The number of ketones is 1. The Hall–Kier alpha value is -3.50. The van der Waals surface area contributed by atoms with Gasteiger partial charge in [0.1, 0.15) is 6.54 Å². The molecule has 0 amide bonds. The Labute approximate surface area is 165 Å². The topological polar surface area (TPSA) is 89.4 Å². The Morgan fingerprint density at radius 2 is 2.04 bits per heavy atom. The molecule has 0 aliphatic carbocycles. The van der Waals surface area contributed by atoms with E-state index in [9.17, 15) is 4.79 Å². The molecule has 4 rings (SSSR count). The van der Waals surface area contributed by atoms with E-state index in [2.05, 4.69) is 21.5 Å². The van der Waals surface area contributed by atoms with Crippen LogP contribution in [0.2, 0.25) is 5.02 Å². The van der Waals surface area contributed by atoms with Crippen molar-refractivity contribution in [2.45, 2.75) is 19.5 Å². The van der Waals surface area contributed by atoms with Crippen LogP contribution >= 0.6 is 11.6 Å². The quantitative estimate of drug-likeness (QED) is 0.468. The van der Waals surface area contributed by atoms with Crippen LogP contribution in [0.5, 0.6) is 0 Å². The van der Waals surface area contributed by atoms with Gasteiger partial charge in [-0.2, -0.15) is 10.1 Å². The average Bonchev–Trinajstić information content (AvgIpc) is 3.31. The summed E-state index contributed by atoms with van der Waals surface area (Å²) >= 11 is 6.00. The summed E-state index contributed by atoms with van der Waals surface area (Å²) in [6, 6.07) is 16.9. The summed E-state index contributed by atoms with van der Waals surface area (Å²) < 4.78 is 1.93. The SMILES string of the molecule is N#CCCn1cc(C(=O)Cn2nnc(-c3cccc(Cl)c3)n2)c2ccccc21. The van der Waals surface area contributed by atoms with E-state index in [1.165, 1.54) is 4.80 Å². The van der Waals surface area contributed by atoms with Gasteiger partial charge in [0.25, 0.3) is 0 Å². The predicted octanol–water partition coefficient (Wildman–Crippen LogP) is 3.74. The molecule has 0 unspecified atom stereocenters. The van der Waals surface area contributed by atoms with Crippen LogP contribution in [-0.4, -0.2) is 30.6 Å². The van der Waals surface area contributed by atoms with Gasteiger partial charge in [-0.25, -0.2) is 0 Å². The van der Waals surface area contributed by atoms with E-state index in [0.29, 0.717) is 29.4 Å². The molecule has 0 saturated carbocycles. The minimum Gasteiger partial charge on any atom is -0.346 e. The van der Waals surface area contributed by atoms with Gasteiger partial charge in [-0.1, -0.05) is 41.9 Å². The number of carbonyl (C=O) groups is 1. The lowest BCUT2D eigenvalue weighted by atomic mass is 10.1. The number of nitrogens with zero attached hydrogens (tertiary/aromatic N) is 6. The average molecular weight is 391 g/mol. The fraction of sp³-hybridized carbons (Fsp3) is 0.150. The van der Waals surface area contributed by atoms with Crippen LogP contribution < -0.4 is 0 Å². The molecule has 2 heterocycles. The lowest BCUT2D eigenvalue weighted by Crippen LogP contribution is -2.13. The number of aryl methyl sites for hydroxylation is 1. The second-order valence-electron chi connectivity index (χ2n) is 6.24. The minimum atomic E-state index is -0.123. The van der Waals surface area contributed by atoms with Crippen molar-refractivity contribution < 1.29 is 4.79 Å². The van der Waals surface area contributed by atoms with Crippen LogP contribution in [0.1, 0.15) is 16.8 Å². The van der Waals surface area contributed by atoms with E-state index in [-0.39, 0.29) is 12.3 Å². The number of nitriles is 1. The molecule has 0 fully saturated rings. The molecule has 8 heteroatoms. The number of fused-ring (bicyclic) bond motifs is 1. The predicted molar refractivity (Wildman–Crippen MR) is 105 cm³/mol. The number of Topliss-reactive ketones (excluding diaryl/α,β-unsaturated/α-hetero) is 1. The zero-order chi connectivity index (χ0) is 19.5. The second kappa shape index (κ2) is 7.62. The van der Waals surface area contributed by atoms with Crippen molar-refractivity contribution in [3.8, 4) is 17.5 Å². The number of halogens is 1. The molecular formula is C20H15ClN6O. The van der Waals surface area contributed by atoms with Gasteiger partial charge in [0, 0.05) is 39.8 Å². The standard InChI is InChI=1S/C20H15ClN6O/c21-15-6-3-5-14(11-15)20-23-25-27(24-20)13-19(28)17-12-26(10-4-9-22)18-8-2-1-7-16(17)18/h1-3,5-8,11-12H,4,10,13H2. The zero-order valence-electron chi connectivity index (χ0n) is 14.8. The summed E-state index contributed by atoms with van der Waals surface area (Å²) in [6.07, 6.45) is 2.17. The van der Waals surface area contributed by atoms with E-state index in [0.717, 1.165) is 16.5 Å². The second-order valence-corrected chi connectivity index (χ2v) is 6.67. The fourth-order valence-corrected chi connectivity index (χ4v) is 3.28. The summed E-state index contributed by atoms with van der Waals surface area (Å²) in [4.78, 5) is 14.2. The Morgan fingerprint density at radius 3 is 2.86 bits per heavy atom. The van der Waals surface area contributed by atoms with Crippen LogP contribution in [0.3, 0.4) is 0 Å². The van der Waals surface area contributed by atoms with Crippen molar-refractivity contribution in [1.82, 2.24) is 24.8 Å². The van der Waals surface area contributed by atoms with Crippen molar-refractivity contribution in [2.75, 3.05) is 0 Å². The van der Waals surface area contributed by atoms with E-state index in [1.54, 1.807) is 24.4 Å². The molecular weight excluding hydrogens is 376 g/mol. The Balaban J connectivity index is 1.60. The van der Waals surface area contributed by atoms with Crippen molar-refractivity contribution >= 4 is 28.3 Å². The molecule has 0 saturated heterocycles. The third-order valence-electron chi connectivity index (χ3n) is 4.37. The van der Waals surface area contributed by atoms with Gasteiger partial charge in [-0.3, -0.25) is 4.79 Å². The highest BCUT2D eigenvalue weighted by Gasteiger charge is 2.17. The minimum absolute atomic E-state index is 0.0280. The first-order valence-electron chi connectivity index (χ1n) is 8.67. The van der Waals surface area contributed by atoms with E-state index >= 15 is 0 Å². The van der Waals surface area contributed by atoms with Crippen LogP contribution in [-0.2, 0) is 13.1 Å². The number of hydrogen-bond donors (Lipinski definition) is 0.